The molecule has 10 heteroatoms. The lowest BCUT2D eigenvalue weighted by Gasteiger charge is -2.46. The first-order chi connectivity index (χ1) is 19.9. The van der Waals surface area contributed by atoms with Crippen molar-refractivity contribution >= 4 is 36.2 Å². The molecule has 2 atom stereocenters. The number of nitrogen functional groups attached to an aromatic ring is 1. The molecule has 0 saturated carbocycles. The summed E-state index contributed by atoms with van der Waals surface area (Å²) in [5.41, 5.74) is 9.34. The largest absolute Gasteiger partial charge is 0.398 e. The second-order valence-corrected chi connectivity index (χ2v) is 10.6. The highest BCUT2D eigenvalue weighted by Gasteiger charge is 2.52. The van der Waals surface area contributed by atoms with Crippen LogP contribution in [0.25, 0.3) is 0 Å². The van der Waals surface area contributed by atoms with Gasteiger partial charge in [0.1, 0.15) is 12.2 Å². The minimum absolute atomic E-state index is 0.0280. The van der Waals surface area contributed by atoms with Crippen LogP contribution in [0.4, 0.5) is 10.5 Å². The molecular formula is C31H34N6O3S. The number of hydrogen-bond donors (Lipinski definition) is 3. The Morgan fingerprint density at radius 3 is 2.39 bits per heavy atom. The summed E-state index contributed by atoms with van der Waals surface area (Å²) in [7, 11) is 0. The van der Waals surface area contributed by atoms with Crippen LogP contribution in [0.2, 0.25) is 0 Å². The number of nitrogens with two attached hydrogens (primary N) is 1. The number of amides is 4. The van der Waals surface area contributed by atoms with Gasteiger partial charge in [0.25, 0.3) is 0 Å². The van der Waals surface area contributed by atoms with E-state index >= 15 is 0 Å². The lowest BCUT2D eigenvalue weighted by molar-refractivity contribution is -0.157. The van der Waals surface area contributed by atoms with Crippen molar-refractivity contribution in [1.82, 2.24) is 25.1 Å². The van der Waals surface area contributed by atoms with Crippen molar-refractivity contribution in [3.8, 4) is 0 Å². The van der Waals surface area contributed by atoms with Crippen molar-refractivity contribution < 1.29 is 14.4 Å². The van der Waals surface area contributed by atoms with Gasteiger partial charge < -0.3 is 20.9 Å². The predicted octanol–water partition coefficient (Wildman–Crippen LogP) is 3.29. The highest BCUT2D eigenvalue weighted by atomic mass is 32.1. The Morgan fingerprint density at radius 2 is 1.71 bits per heavy atom. The van der Waals surface area contributed by atoms with Crippen LogP contribution >= 0.6 is 12.6 Å². The van der Waals surface area contributed by atoms with Crippen LogP contribution in [0.5, 0.6) is 0 Å². The molecule has 41 heavy (non-hydrogen) atoms. The van der Waals surface area contributed by atoms with Crippen molar-refractivity contribution in [2.24, 2.45) is 0 Å². The van der Waals surface area contributed by atoms with Crippen LogP contribution in [0.1, 0.15) is 16.7 Å². The van der Waals surface area contributed by atoms with Crippen molar-refractivity contribution in [1.29, 1.82) is 0 Å². The van der Waals surface area contributed by atoms with Gasteiger partial charge in [0, 0.05) is 30.1 Å². The third-order valence-electron chi connectivity index (χ3n) is 7.48. The lowest BCUT2D eigenvalue weighted by Crippen LogP contribution is -2.66. The third kappa shape index (κ3) is 6.08. The van der Waals surface area contributed by atoms with Gasteiger partial charge in [-0.15, -0.1) is 19.2 Å². The summed E-state index contributed by atoms with van der Waals surface area (Å²) >= 11 is 4.58. The van der Waals surface area contributed by atoms with Gasteiger partial charge in [-0.25, -0.2) is 4.79 Å². The lowest BCUT2D eigenvalue weighted by atomic mass is 10.00. The molecule has 9 nitrogen and oxygen atoms in total. The van der Waals surface area contributed by atoms with Gasteiger partial charge in [0.05, 0.1) is 19.6 Å². The fourth-order valence-electron chi connectivity index (χ4n) is 5.46. The molecule has 3 N–H and O–H groups in total. The van der Waals surface area contributed by atoms with E-state index in [1.807, 2.05) is 72.8 Å². The molecule has 0 radical (unpaired) electrons. The number of anilines is 1. The average Bonchev–Trinajstić information content (AvgIpc) is 3.31. The molecule has 4 amide bonds. The van der Waals surface area contributed by atoms with Gasteiger partial charge in [-0.05, 0) is 22.8 Å². The van der Waals surface area contributed by atoms with Crippen LogP contribution in [0, 0.1) is 0 Å². The molecule has 2 saturated heterocycles. The van der Waals surface area contributed by atoms with Crippen LogP contribution in [0.15, 0.2) is 96.4 Å². The maximum Gasteiger partial charge on any atom is 0.332 e. The molecule has 5 rings (SSSR count). The van der Waals surface area contributed by atoms with Crippen LogP contribution in [-0.2, 0) is 29.1 Å². The summed E-state index contributed by atoms with van der Waals surface area (Å²) in [6.07, 6.45) is 1.45. The molecule has 0 aliphatic carbocycles. The molecule has 0 unspecified atom stereocenters. The van der Waals surface area contributed by atoms with E-state index in [4.69, 9.17) is 5.73 Å². The first-order valence-electron chi connectivity index (χ1n) is 13.5. The number of fused-ring (bicyclic) bond motifs is 1. The zero-order valence-electron chi connectivity index (χ0n) is 22.7. The van der Waals surface area contributed by atoms with Gasteiger partial charge in [-0.1, -0.05) is 78.9 Å². The smallest absolute Gasteiger partial charge is 0.332 e. The molecule has 2 aliphatic rings. The molecule has 3 aromatic carbocycles. The van der Waals surface area contributed by atoms with Crippen molar-refractivity contribution in [2.75, 3.05) is 25.4 Å². The number of urea groups is 1. The Bertz CT molecular complexity index is 1420. The molecular weight excluding hydrogens is 536 g/mol. The number of carbonyl (C=O) groups is 3. The molecule has 212 valence electrons. The van der Waals surface area contributed by atoms with Crippen molar-refractivity contribution in [2.45, 2.75) is 36.6 Å². The van der Waals surface area contributed by atoms with Crippen LogP contribution < -0.4 is 11.1 Å². The average molecular weight is 571 g/mol. The Morgan fingerprint density at radius 1 is 1.02 bits per heavy atom. The van der Waals surface area contributed by atoms with E-state index in [0.29, 0.717) is 23.5 Å². The van der Waals surface area contributed by atoms with E-state index in [9.17, 15) is 14.4 Å². The molecule has 0 bridgehead atoms. The van der Waals surface area contributed by atoms with E-state index in [1.165, 1.54) is 5.01 Å². The number of hydrogen-bond acceptors (Lipinski definition) is 6. The van der Waals surface area contributed by atoms with Crippen LogP contribution in [-0.4, -0.2) is 69.5 Å². The monoisotopic (exact) mass is 570 g/mol. The van der Waals surface area contributed by atoms with Crippen molar-refractivity contribution in [3.05, 3.63) is 108 Å². The number of piperazine rings is 1. The first kappa shape index (κ1) is 28.3. The standard InChI is InChI=1S/C31H34N6O3S/c1-2-16-35(31(40)33-18-23-12-7-4-8-13-23)36-21-28(38)37-26(17-22-10-5-3-6-11-22)30(39)34(20-27(36)37)19-24-14-9-15-25(32)29(24)41/h2-15,26-27,41H,1,16-21,32H2,(H,33,40)/t26-,27+/m0/s1. The first-order valence-corrected chi connectivity index (χ1v) is 14.0. The highest BCUT2D eigenvalue weighted by molar-refractivity contribution is 7.80. The van der Waals surface area contributed by atoms with E-state index in [2.05, 4.69) is 24.5 Å². The predicted molar refractivity (Wildman–Crippen MR) is 160 cm³/mol. The Kier molecular flexibility index (Phi) is 8.61. The van der Waals surface area contributed by atoms with E-state index < -0.39 is 12.2 Å². The maximum atomic E-state index is 14.0. The number of nitrogens with zero attached hydrogens (tertiary/aromatic N) is 4. The zero-order valence-corrected chi connectivity index (χ0v) is 23.6. The third-order valence-corrected chi connectivity index (χ3v) is 8.03. The van der Waals surface area contributed by atoms with Crippen molar-refractivity contribution in [3.63, 3.8) is 0 Å². The number of nitrogens with one attached hydrogen (secondary N) is 1. The Hall–Kier alpha value is -4.28. The minimum atomic E-state index is -0.726. The Labute approximate surface area is 245 Å². The van der Waals surface area contributed by atoms with Gasteiger partial charge in [0.15, 0.2) is 0 Å². The number of hydrazine groups is 1. The van der Waals surface area contributed by atoms with E-state index in [-0.39, 0.29) is 44.0 Å². The second kappa shape index (κ2) is 12.5. The fourth-order valence-corrected chi connectivity index (χ4v) is 5.68. The van der Waals surface area contributed by atoms with Gasteiger partial charge >= 0.3 is 6.03 Å². The summed E-state index contributed by atoms with van der Waals surface area (Å²) in [5.74, 6) is -0.355. The Balaban J connectivity index is 1.45. The molecule has 2 aliphatic heterocycles. The quantitative estimate of drug-likeness (QED) is 0.208. The van der Waals surface area contributed by atoms with Gasteiger partial charge in [-0.2, -0.15) is 5.01 Å². The summed E-state index contributed by atoms with van der Waals surface area (Å²) in [5, 5.41) is 6.22. The topological polar surface area (TPSA) is 102 Å². The minimum Gasteiger partial charge on any atom is -0.398 e. The van der Waals surface area contributed by atoms with E-state index in [0.717, 1.165) is 16.7 Å². The normalized spacial score (nSPS) is 18.8. The SMILES string of the molecule is C=CCN(C(=O)NCc1ccccc1)N1CC(=O)N2[C@@H](Cc3ccccc3)C(=O)N(Cc3cccc(N)c3S)C[C@@H]21. The number of thiol groups is 1. The highest BCUT2D eigenvalue weighted by Crippen LogP contribution is 2.31. The molecule has 0 aromatic heterocycles. The fraction of sp³-hybridized carbons (Fsp3) is 0.258. The van der Waals surface area contributed by atoms with Gasteiger partial charge in [-0.3, -0.25) is 14.6 Å². The second-order valence-electron chi connectivity index (χ2n) is 10.2. The molecule has 0 spiro atoms. The summed E-state index contributed by atoms with van der Waals surface area (Å²) < 4.78 is 0. The van der Waals surface area contributed by atoms with E-state index in [1.54, 1.807) is 27.0 Å². The van der Waals surface area contributed by atoms with Gasteiger partial charge in [0.2, 0.25) is 11.8 Å². The van der Waals surface area contributed by atoms with Crippen LogP contribution in [0.3, 0.4) is 0 Å². The molecule has 2 fully saturated rings. The molecule has 2 heterocycles. The number of benzene rings is 3. The zero-order chi connectivity index (χ0) is 28.9. The maximum absolute atomic E-state index is 14.0. The number of carbonyl (C=O) groups excluding carboxylic acids is 3. The number of rotatable bonds is 9. The summed E-state index contributed by atoms with van der Waals surface area (Å²) in [6.45, 7) is 4.85. The summed E-state index contributed by atoms with van der Waals surface area (Å²) in [6, 6.07) is 23.7. The molecule has 3 aromatic rings. The summed E-state index contributed by atoms with van der Waals surface area (Å²) in [4.78, 5) is 45.0.